The predicted molar refractivity (Wildman–Crippen MR) is 109 cm³/mol. The number of hydrogen-bond donors (Lipinski definition) is 1. The van der Waals surface area contributed by atoms with Crippen LogP contribution in [0.4, 0.5) is 10.1 Å². The Morgan fingerprint density at radius 2 is 1.63 bits per heavy atom. The Kier molecular flexibility index (Phi) is 4.85. The number of benzene rings is 3. The maximum atomic E-state index is 13.3. The van der Waals surface area contributed by atoms with Gasteiger partial charge >= 0.3 is 0 Å². The van der Waals surface area contributed by atoms with Crippen molar-refractivity contribution >= 4 is 34.6 Å². The van der Waals surface area contributed by atoms with Gasteiger partial charge in [0.15, 0.2) is 5.17 Å². The van der Waals surface area contributed by atoms with Crippen molar-refractivity contribution in [1.82, 2.24) is 5.32 Å². The van der Waals surface area contributed by atoms with E-state index in [1.54, 1.807) is 12.1 Å². The standard InChI is InChI=1S/C22H15FN2OS/c23-18-7-4-8-19(14-18)24-22-25-21(26)20(27-22)13-15-9-11-17(12-10-15)16-5-2-1-3-6-16/h1-14H,(H,24,25,26)/b20-13+. The van der Waals surface area contributed by atoms with Gasteiger partial charge in [-0.2, -0.15) is 0 Å². The zero-order chi connectivity index (χ0) is 18.6. The van der Waals surface area contributed by atoms with Crippen molar-refractivity contribution in [3.05, 3.63) is 95.1 Å². The van der Waals surface area contributed by atoms with E-state index < -0.39 is 0 Å². The highest BCUT2D eigenvalue weighted by molar-refractivity contribution is 8.18. The van der Waals surface area contributed by atoms with Gasteiger partial charge in [0.05, 0.1) is 10.6 Å². The van der Waals surface area contributed by atoms with Gasteiger partial charge in [-0.15, -0.1) is 0 Å². The fourth-order valence-electron chi connectivity index (χ4n) is 2.70. The topological polar surface area (TPSA) is 41.5 Å². The highest BCUT2D eigenvalue weighted by Crippen LogP contribution is 2.29. The van der Waals surface area contributed by atoms with Crippen molar-refractivity contribution in [2.75, 3.05) is 0 Å². The normalized spacial score (nSPS) is 16.7. The molecule has 0 radical (unpaired) electrons. The van der Waals surface area contributed by atoms with Crippen LogP contribution >= 0.6 is 11.8 Å². The number of amidine groups is 1. The van der Waals surface area contributed by atoms with Gasteiger partial charge in [0.2, 0.25) is 0 Å². The van der Waals surface area contributed by atoms with Crippen molar-refractivity contribution in [3.8, 4) is 11.1 Å². The van der Waals surface area contributed by atoms with Crippen LogP contribution in [0.5, 0.6) is 0 Å². The minimum Gasteiger partial charge on any atom is -0.300 e. The number of nitrogens with zero attached hydrogens (tertiary/aromatic N) is 1. The van der Waals surface area contributed by atoms with Crippen LogP contribution in [0.3, 0.4) is 0 Å². The monoisotopic (exact) mass is 374 g/mol. The molecule has 1 amide bonds. The van der Waals surface area contributed by atoms with Crippen LogP contribution in [-0.2, 0) is 4.79 Å². The first-order valence-electron chi connectivity index (χ1n) is 8.38. The summed E-state index contributed by atoms with van der Waals surface area (Å²) in [5, 5.41) is 3.16. The van der Waals surface area contributed by atoms with Crippen molar-refractivity contribution in [1.29, 1.82) is 0 Å². The lowest BCUT2D eigenvalue weighted by atomic mass is 10.0. The Bertz CT molecular complexity index is 1040. The van der Waals surface area contributed by atoms with Gasteiger partial charge in [-0.25, -0.2) is 9.38 Å². The molecule has 1 fully saturated rings. The number of carbonyl (C=O) groups excluding carboxylic acids is 1. The minimum absolute atomic E-state index is 0.206. The average molecular weight is 374 g/mol. The summed E-state index contributed by atoms with van der Waals surface area (Å²) in [7, 11) is 0. The number of carbonyl (C=O) groups is 1. The molecule has 0 aromatic heterocycles. The van der Waals surface area contributed by atoms with Crippen molar-refractivity contribution in [2.24, 2.45) is 4.99 Å². The molecule has 5 heteroatoms. The largest absolute Gasteiger partial charge is 0.300 e. The van der Waals surface area contributed by atoms with Crippen LogP contribution < -0.4 is 5.32 Å². The molecule has 3 aromatic carbocycles. The molecule has 3 nitrogen and oxygen atoms in total. The lowest BCUT2D eigenvalue weighted by molar-refractivity contribution is -0.115. The first kappa shape index (κ1) is 17.2. The molecule has 0 aliphatic carbocycles. The molecule has 1 heterocycles. The van der Waals surface area contributed by atoms with Crippen LogP contribution in [-0.4, -0.2) is 11.1 Å². The highest BCUT2D eigenvalue weighted by atomic mass is 32.2. The van der Waals surface area contributed by atoms with E-state index in [0.717, 1.165) is 16.7 Å². The van der Waals surface area contributed by atoms with Gasteiger partial charge in [-0.05, 0) is 52.7 Å². The predicted octanol–water partition coefficient (Wildman–Crippen LogP) is 5.38. The second-order valence-corrected chi connectivity index (χ2v) is 6.98. The van der Waals surface area contributed by atoms with Crippen LogP contribution in [0.1, 0.15) is 5.56 Å². The Balaban J connectivity index is 1.53. The van der Waals surface area contributed by atoms with Crippen LogP contribution in [0.2, 0.25) is 0 Å². The molecule has 3 aromatic rings. The van der Waals surface area contributed by atoms with Gasteiger partial charge in [-0.1, -0.05) is 60.7 Å². The highest BCUT2D eigenvalue weighted by Gasteiger charge is 2.23. The molecule has 0 spiro atoms. The summed E-state index contributed by atoms with van der Waals surface area (Å²) in [6, 6.07) is 24.1. The van der Waals surface area contributed by atoms with Gasteiger partial charge in [-0.3, -0.25) is 4.79 Å². The maximum Gasteiger partial charge on any atom is 0.264 e. The minimum atomic E-state index is -0.361. The van der Waals surface area contributed by atoms with Crippen LogP contribution in [0.25, 0.3) is 17.2 Å². The third-order valence-corrected chi connectivity index (χ3v) is 4.92. The van der Waals surface area contributed by atoms with E-state index in [4.69, 9.17) is 0 Å². The van der Waals surface area contributed by atoms with E-state index in [1.165, 1.54) is 23.9 Å². The average Bonchev–Trinajstić information content (AvgIpc) is 3.02. The Hall–Kier alpha value is -3.18. The zero-order valence-electron chi connectivity index (χ0n) is 14.2. The Morgan fingerprint density at radius 3 is 2.37 bits per heavy atom. The number of hydrogen-bond acceptors (Lipinski definition) is 3. The number of amides is 1. The van der Waals surface area contributed by atoms with E-state index >= 15 is 0 Å². The van der Waals surface area contributed by atoms with Crippen molar-refractivity contribution < 1.29 is 9.18 Å². The number of thioether (sulfide) groups is 1. The van der Waals surface area contributed by atoms with E-state index in [9.17, 15) is 9.18 Å². The molecule has 1 saturated heterocycles. The van der Waals surface area contributed by atoms with E-state index in [1.807, 2.05) is 48.5 Å². The van der Waals surface area contributed by atoms with Crippen molar-refractivity contribution in [2.45, 2.75) is 0 Å². The second kappa shape index (κ2) is 7.60. The summed E-state index contributed by atoms with van der Waals surface area (Å²) < 4.78 is 13.3. The molecular formula is C22H15FN2OS. The maximum absolute atomic E-state index is 13.3. The lowest BCUT2D eigenvalue weighted by Crippen LogP contribution is -2.19. The van der Waals surface area contributed by atoms with Gasteiger partial charge in [0.25, 0.3) is 5.91 Å². The quantitative estimate of drug-likeness (QED) is 0.625. The lowest BCUT2D eigenvalue weighted by Gasteiger charge is -2.02. The van der Waals surface area contributed by atoms with E-state index in [0.29, 0.717) is 15.8 Å². The zero-order valence-corrected chi connectivity index (χ0v) is 15.0. The Labute approximate surface area is 160 Å². The van der Waals surface area contributed by atoms with E-state index in [2.05, 4.69) is 22.4 Å². The smallest absolute Gasteiger partial charge is 0.264 e. The van der Waals surface area contributed by atoms with Crippen LogP contribution in [0.15, 0.2) is 88.8 Å². The summed E-state index contributed by atoms with van der Waals surface area (Å²) >= 11 is 1.24. The third kappa shape index (κ3) is 4.15. The summed E-state index contributed by atoms with van der Waals surface area (Å²) in [5.41, 5.74) is 3.66. The molecule has 4 rings (SSSR count). The molecule has 0 unspecified atom stereocenters. The third-order valence-electron chi connectivity index (χ3n) is 4.01. The Morgan fingerprint density at radius 1 is 0.889 bits per heavy atom. The van der Waals surface area contributed by atoms with Crippen molar-refractivity contribution in [3.63, 3.8) is 0 Å². The fourth-order valence-corrected chi connectivity index (χ4v) is 3.54. The van der Waals surface area contributed by atoms with Crippen LogP contribution in [0, 0.1) is 5.82 Å². The second-order valence-electron chi connectivity index (χ2n) is 5.95. The fraction of sp³-hybridized carbons (Fsp3) is 0. The van der Waals surface area contributed by atoms with E-state index in [-0.39, 0.29) is 11.7 Å². The molecule has 27 heavy (non-hydrogen) atoms. The molecule has 132 valence electrons. The molecule has 0 saturated carbocycles. The molecule has 0 atom stereocenters. The number of aliphatic imine (C=N–C) groups is 1. The molecule has 1 aliphatic rings. The number of nitrogens with one attached hydrogen (secondary N) is 1. The summed E-state index contributed by atoms with van der Waals surface area (Å²) in [5.74, 6) is -0.567. The van der Waals surface area contributed by atoms with Gasteiger partial charge in [0.1, 0.15) is 5.82 Å². The summed E-state index contributed by atoms with van der Waals surface area (Å²) in [6.45, 7) is 0. The first-order valence-corrected chi connectivity index (χ1v) is 9.20. The number of halogens is 1. The first-order chi connectivity index (χ1) is 13.2. The SMILES string of the molecule is O=C1NC(=Nc2cccc(F)c2)S/C1=C/c1ccc(-c2ccccc2)cc1. The van der Waals surface area contributed by atoms with Gasteiger partial charge < -0.3 is 5.32 Å². The molecular weight excluding hydrogens is 359 g/mol. The number of rotatable bonds is 3. The molecule has 0 bridgehead atoms. The molecule has 1 N–H and O–H groups in total. The molecule has 1 aliphatic heterocycles. The summed E-state index contributed by atoms with van der Waals surface area (Å²) in [6.07, 6.45) is 1.82. The van der Waals surface area contributed by atoms with Gasteiger partial charge in [0, 0.05) is 0 Å². The summed E-state index contributed by atoms with van der Waals surface area (Å²) in [4.78, 5) is 17.0.